The fourth-order valence-electron chi connectivity index (χ4n) is 2.64. The van der Waals surface area contributed by atoms with Gasteiger partial charge in [-0.1, -0.05) is 0 Å². The van der Waals surface area contributed by atoms with E-state index in [0.717, 1.165) is 12.1 Å². The Bertz CT molecular complexity index is 1040. The van der Waals surface area contributed by atoms with Gasteiger partial charge in [0.1, 0.15) is 11.4 Å². The molecule has 0 aromatic carbocycles. The average Bonchev–Trinajstić information content (AvgIpc) is 2.68. The summed E-state index contributed by atoms with van der Waals surface area (Å²) < 4.78 is 83.9. The van der Waals surface area contributed by atoms with Crippen LogP contribution < -0.4 is 20.1 Å². The lowest BCUT2D eigenvalue weighted by Crippen LogP contribution is -2.28. The Morgan fingerprint density at radius 3 is 2.21 bits per heavy atom. The Kier molecular flexibility index (Phi) is 8.29. The number of carbonyl (C=O) groups excluding carboxylic acids is 2. The van der Waals surface area contributed by atoms with Gasteiger partial charge in [-0.15, -0.1) is 0 Å². The Labute approximate surface area is 189 Å². The number of amides is 2. The number of carbonyl (C=O) groups is 2. The molecule has 34 heavy (non-hydrogen) atoms. The van der Waals surface area contributed by atoms with Gasteiger partial charge in [0.25, 0.3) is 5.91 Å². The van der Waals surface area contributed by atoms with Gasteiger partial charge in [0.05, 0.1) is 6.04 Å². The molecular weight excluding hydrogens is 474 g/mol. The number of anilines is 1. The number of ether oxygens (including phenoxy) is 2. The third-order valence-electron chi connectivity index (χ3n) is 3.96. The molecule has 0 radical (unpaired) electrons. The van der Waals surface area contributed by atoms with Crippen LogP contribution >= 0.6 is 0 Å². The molecule has 2 aromatic rings. The zero-order chi connectivity index (χ0) is 25.7. The highest BCUT2D eigenvalue weighted by molar-refractivity contribution is 5.96. The molecule has 0 aliphatic heterocycles. The Morgan fingerprint density at radius 2 is 1.62 bits per heavy atom. The van der Waals surface area contributed by atoms with E-state index in [4.69, 9.17) is 0 Å². The van der Waals surface area contributed by atoms with Crippen molar-refractivity contribution in [3.63, 3.8) is 0 Å². The van der Waals surface area contributed by atoms with Gasteiger partial charge >= 0.3 is 12.4 Å². The van der Waals surface area contributed by atoms with Gasteiger partial charge in [0, 0.05) is 18.7 Å². The highest BCUT2D eigenvalue weighted by Gasteiger charge is 2.31. The summed E-state index contributed by atoms with van der Waals surface area (Å²) in [4.78, 5) is 31.6. The van der Waals surface area contributed by atoms with E-state index >= 15 is 0 Å². The molecule has 14 heteroatoms. The second-order valence-corrected chi connectivity index (χ2v) is 7.11. The summed E-state index contributed by atoms with van der Waals surface area (Å²) in [6.45, 7) is 0.929. The third kappa shape index (κ3) is 8.75. The molecule has 2 heterocycles. The maximum Gasteiger partial charge on any atom is 0.422 e. The number of nitrogens with zero attached hydrogens (tertiary/aromatic N) is 2. The molecule has 0 spiro atoms. The van der Waals surface area contributed by atoms with Crippen LogP contribution in [0.25, 0.3) is 0 Å². The van der Waals surface area contributed by atoms with E-state index in [2.05, 4.69) is 30.1 Å². The predicted molar refractivity (Wildman–Crippen MR) is 106 cm³/mol. The Balaban J connectivity index is 2.27. The van der Waals surface area contributed by atoms with Gasteiger partial charge in [-0.2, -0.15) is 31.3 Å². The minimum absolute atomic E-state index is 0.227. The summed E-state index contributed by atoms with van der Waals surface area (Å²) in [6.07, 6.45) is -9.50. The highest BCUT2D eigenvalue weighted by Crippen LogP contribution is 2.26. The maximum atomic E-state index is 12.7. The molecule has 2 aromatic heterocycles. The molecule has 2 N–H and O–H groups in total. The number of nitrogens with one attached hydrogen (secondary N) is 2. The van der Waals surface area contributed by atoms with E-state index in [1.54, 1.807) is 19.9 Å². The van der Waals surface area contributed by atoms with Crippen molar-refractivity contribution < 1.29 is 45.4 Å². The van der Waals surface area contributed by atoms with Crippen LogP contribution in [0.1, 0.15) is 41.5 Å². The topological polar surface area (TPSA) is 102 Å². The summed E-state index contributed by atoms with van der Waals surface area (Å²) in [5.41, 5.74) is 0.577. The first kappa shape index (κ1) is 26.7. The summed E-state index contributed by atoms with van der Waals surface area (Å²) in [6, 6.07) is 4.24. The van der Waals surface area contributed by atoms with Gasteiger partial charge < -0.3 is 20.1 Å². The standard InChI is InChI=1S/C20H20F6N4O4/c1-10-6-13(7-15(27-10)29-12(3)31)11(2)28-17(32)14-4-5-16(33-8-19(21,22)23)30-18(14)34-9-20(24,25)26/h4-7,11H,8-9H2,1-3H3,(H,28,32)(H,27,29,31). The van der Waals surface area contributed by atoms with Gasteiger partial charge in [-0.25, -0.2) is 4.98 Å². The number of hydrogen-bond acceptors (Lipinski definition) is 6. The van der Waals surface area contributed by atoms with Crippen LogP contribution in [0.5, 0.6) is 11.8 Å². The van der Waals surface area contributed by atoms with Crippen molar-refractivity contribution in [2.24, 2.45) is 0 Å². The molecule has 0 aliphatic rings. The average molecular weight is 494 g/mol. The molecule has 8 nitrogen and oxygen atoms in total. The van der Waals surface area contributed by atoms with E-state index < -0.39 is 54.8 Å². The number of aryl methyl sites for hydroxylation is 1. The van der Waals surface area contributed by atoms with Crippen molar-refractivity contribution >= 4 is 17.6 Å². The van der Waals surface area contributed by atoms with Gasteiger partial charge in [-0.3, -0.25) is 9.59 Å². The zero-order valence-electron chi connectivity index (χ0n) is 18.1. The molecule has 0 aliphatic carbocycles. The second kappa shape index (κ2) is 10.6. The quantitative estimate of drug-likeness (QED) is 0.536. The van der Waals surface area contributed by atoms with Gasteiger partial charge in [0.15, 0.2) is 13.2 Å². The van der Waals surface area contributed by atoms with Crippen LogP contribution in [-0.2, 0) is 4.79 Å². The molecule has 186 valence electrons. The van der Waals surface area contributed by atoms with E-state index in [-0.39, 0.29) is 11.7 Å². The monoisotopic (exact) mass is 494 g/mol. The molecule has 0 saturated carbocycles. The number of alkyl halides is 6. The summed E-state index contributed by atoms with van der Waals surface area (Å²) in [7, 11) is 0. The fourth-order valence-corrected chi connectivity index (χ4v) is 2.64. The summed E-state index contributed by atoms with van der Waals surface area (Å²) in [5.74, 6) is -2.58. The molecule has 1 unspecified atom stereocenters. The normalized spacial score (nSPS) is 12.6. The molecule has 2 rings (SSSR count). The van der Waals surface area contributed by atoms with E-state index in [1.165, 1.54) is 13.0 Å². The zero-order valence-corrected chi connectivity index (χ0v) is 18.1. The van der Waals surface area contributed by atoms with E-state index in [0.29, 0.717) is 11.3 Å². The number of aromatic nitrogens is 2. The molecule has 1 atom stereocenters. The van der Waals surface area contributed by atoms with E-state index in [9.17, 15) is 35.9 Å². The van der Waals surface area contributed by atoms with Crippen LogP contribution in [0.2, 0.25) is 0 Å². The lowest BCUT2D eigenvalue weighted by Gasteiger charge is -2.18. The molecule has 0 fully saturated rings. The summed E-state index contributed by atoms with van der Waals surface area (Å²) >= 11 is 0. The van der Waals surface area contributed by atoms with Crippen molar-refractivity contribution in [3.05, 3.63) is 41.1 Å². The first-order valence-electron chi connectivity index (χ1n) is 9.60. The van der Waals surface area contributed by atoms with Crippen molar-refractivity contribution in [1.29, 1.82) is 0 Å². The number of pyridine rings is 2. The summed E-state index contributed by atoms with van der Waals surface area (Å²) in [5, 5.41) is 5.03. The highest BCUT2D eigenvalue weighted by atomic mass is 19.4. The van der Waals surface area contributed by atoms with Crippen LogP contribution in [0.15, 0.2) is 24.3 Å². The number of hydrogen-bond donors (Lipinski definition) is 2. The third-order valence-corrected chi connectivity index (χ3v) is 3.96. The first-order valence-corrected chi connectivity index (χ1v) is 9.60. The predicted octanol–water partition coefficient (Wildman–Crippen LogP) is 4.12. The molecule has 2 amide bonds. The van der Waals surface area contributed by atoms with E-state index in [1.807, 2.05) is 0 Å². The lowest BCUT2D eigenvalue weighted by atomic mass is 10.1. The Morgan fingerprint density at radius 1 is 1.00 bits per heavy atom. The molecule has 0 bridgehead atoms. The fraction of sp³-hybridized carbons (Fsp3) is 0.400. The maximum absolute atomic E-state index is 12.7. The smallest absolute Gasteiger partial charge is 0.422 e. The van der Waals surface area contributed by atoms with Crippen molar-refractivity contribution in [2.45, 2.75) is 39.2 Å². The van der Waals surface area contributed by atoms with Crippen molar-refractivity contribution in [2.75, 3.05) is 18.5 Å². The van der Waals surface area contributed by atoms with Crippen LogP contribution in [-0.4, -0.2) is 47.3 Å². The SMILES string of the molecule is CC(=O)Nc1cc(C(C)NC(=O)c2ccc(OCC(F)(F)F)nc2OCC(F)(F)F)cc(C)n1. The van der Waals surface area contributed by atoms with Gasteiger partial charge in [-0.05, 0) is 37.6 Å². The largest absolute Gasteiger partial charge is 0.468 e. The first-order chi connectivity index (χ1) is 15.6. The minimum Gasteiger partial charge on any atom is -0.468 e. The van der Waals surface area contributed by atoms with Crippen LogP contribution in [0.3, 0.4) is 0 Å². The lowest BCUT2D eigenvalue weighted by molar-refractivity contribution is -0.155. The van der Waals surface area contributed by atoms with Crippen molar-refractivity contribution in [3.8, 4) is 11.8 Å². The second-order valence-electron chi connectivity index (χ2n) is 7.11. The van der Waals surface area contributed by atoms with Gasteiger partial charge in [0.2, 0.25) is 17.7 Å². The van der Waals surface area contributed by atoms with Crippen LogP contribution in [0.4, 0.5) is 32.2 Å². The number of rotatable bonds is 8. The minimum atomic E-state index is -4.79. The number of halogens is 6. The van der Waals surface area contributed by atoms with Crippen LogP contribution in [0, 0.1) is 6.92 Å². The molecule has 0 saturated heterocycles. The Hall–Kier alpha value is -3.58. The van der Waals surface area contributed by atoms with Crippen molar-refractivity contribution in [1.82, 2.24) is 15.3 Å². The molecular formula is C20H20F6N4O4.